The molecule has 11 heteroatoms. The molecular formula is C19H18BrClF3N5O. The van der Waals surface area contributed by atoms with Gasteiger partial charge in [-0.15, -0.1) is 0 Å². The first-order valence-electron chi connectivity index (χ1n) is 9.20. The van der Waals surface area contributed by atoms with Crippen LogP contribution in [0.25, 0.3) is 11.0 Å². The maximum absolute atomic E-state index is 13.1. The normalized spacial score (nSPS) is 17.8. The van der Waals surface area contributed by atoms with Gasteiger partial charge in [0.1, 0.15) is 11.3 Å². The van der Waals surface area contributed by atoms with Crippen molar-refractivity contribution >= 4 is 50.3 Å². The monoisotopic (exact) mass is 503 g/mol. The number of aromatic amines is 1. The Morgan fingerprint density at radius 1 is 1.30 bits per heavy atom. The fourth-order valence-corrected chi connectivity index (χ4v) is 4.47. The highest BCUT2D eigenvalue weighted by Gasteiger charge is 2.32. The Morgan fingerprint density at radius 2 is 2.07 bits per heavy atom. The molecule has 3 heterocycles. The molecule has 0 radical (unpaired) electrons. The van der Waals surface area contributed by atoms with Gasteiger partial charge in [0.15, 0.2) is 0 Å². The number of piperazine rings is 1. The van der Waals surface area contributed by atoms with Crippen LogP contribution in [0.15, 0.2) is 28.9 Å². The van der Waals surface area contributed by atoms with Crippen LogP contribution in [0.5, 0.6) is 0 Å². The maximum atomic E-state index is 13.1. The Bertz CT molecular complexity index is 1090. The lowest BCUT2D eigenvalue weighted by atomic mass is 10.2. The second kappa shape index (κ2) is 7.90. The number of halogens is 5. The van der Waals surface area contributed by atoms with Gasteiger partial charge in [0, 0.05) is 36.3 Å². The quantitative estimate of drug-likeness (QED) is 0.546. The van der Waals surface area contributed by atoms with Crippen LogP contribution < -0.4 is 9.80 Å². The molecule has 0 bridgehead atoms. The average molecular weight is 505 g/mol. The van der Waals surface area contributed by atoms with Crippen LogP contribution in [0.1, 0.15) is 18.1 Å². The standard InChI is InChI=1S/C19H18BrClF3N5O/c1-10-8-28(17-14(21)4-11(9-30)7-25-17)2-3-29(10)18-26-15-6-12(19(22,23)24)5-13(20)16(15)27-18/h4-7,10,30H,2-3,8-9H2,1H3,(H,26,27)/t10-/m1/s1. The second-order valence-electron chi connectivity index (χ2n) is 7.21. The summed E-state index contributed by atoms with van der Waals surface area (Å²) in [6.07, 6.45) is -2.84. The Morgan fingerprint density at radius 3 is 2.70 bits per heavy atom. The summed E-state index contributed by atoms with van der Waals surface area (Å²) in [6, 6.07) is 3.81. The molecule has 0 spiro atoms. The topological polar surface area (TPSA) is 68.3 Å². The summed E-state index contributed by atoms with van der Waals surface area (Å²) >= 11 is 9.52. The Balaban J connectivity index is 1.58. The van der Waals surface area contributed by atoms with Gasteiger partial charge in [-0.05, 0) is 46.6 Å². The number of nitrogens with zero attached hydrogens (tertiary/aromatic N) is 4. The minimum Gasteiger partial charge on any atom is -0.392 e. The number of hydrogen-bond donors (Lipinski definition) is 2. The number of H-pyrrole nitrogens is 1. The molecular weight excluding hydrogens is 487 g/mol. The molecule has 1 atom stereocenters. The molecule has 160 valence electrons. The molecule has 30 heavy (non-hydrogen) atoms. The van der Waals surface area contributed by atoms with Crippen LogP contribution in [0.4, 0.5) is 24.9 Å². The third-order valence-corrected chi connectivity index (χ3v) is 6.00. The number of imidazole rings is 1. The Labute approximate surface area is 183 Å². The molecule has 1 aliphatic rings. The van der Waals surface area contributed by atoms with Gasteiger partial charge in [0.2, 0.25) is 5.95 Å². The smallest absolute Gasteiger partial charge is 0.392 e. The third-order valence-electron chi connectivity index (χ3n) is 5.11. The van der Waals surface area contributed by atoms with Crippen molar-refractivity contribution in [1.29, 1.82) is 0 Å². The second-order valence-corrected chi connectivity index (χ2v) is 8.47. The highest BCUT2D eigenvalue weighted by atomic mass is 79.9. The van der Waals surface area contributed by atoms with E-state index >= 15 is 0 Å². The molecule has 0 unspecified atom stereocenters. The van der Waals surface area contributed by atoms with Crippen molar-refractivity contribution in [3.63, 3.8) is 0 Å². The van der Waals surface area contributed by atoms with Crippen LogP contribution in [-0.2, 0) is 12.8 Å². The first-order chi connectivity index (χ1) is 14.2. The first kappa shape index (κ1) is 21.2. The van der Waals surface area contributed by atoms with Crippen LogP contribution in [0.3, 0.4) is 0 Å². The minimum absolute atomic E-state index is 0.00978. The molecule has 0 aliphatic carbocycles. The number of pyridine rings is 1. The van der Waals surface area contributed by atoms with E-state index in [1.165, 1.54) is 0 Å². The number of aromatic nitrogens is 3. The average Bonchev–Trinajstić information content (AvgIpc) is 3.11. The Hall–Kier alpha value is -2.04. The molecule has 1 fully saturated rings. The molecule has 3 aromatic rings. The zero-order chi connectivity index (χ0) is 21.6. The summed E-state index contributed by atoms with van der Waals surface area (Å²) in [5, 5.41) is 9.68. The number of rotatable bonds is 3. The summed E-state index contributed by atoms with van der Waals surface area (Å²) in [4.78, 5) is 16.0. The van der Waals surface area contributed by atoms with Gasteiger partial charge in [0.25, 0.3) is 0 Å². The molecule has 1 aromatic carbocycles. The molecule has 0 amide bonds. The number of aliphatic hydroxyl groups is 1. The van der Waals surface area contributed by atoms with E-state index in [4.69, 9.17) is 11.6 Å². The fraction of sp³-hybridized carbons (Fsp3) is 0.368. The zero-order valence-corrected chi connectivity index (χ0v) is 18.2. The molecule has 1 aliphatic heterocycles. The number of alkyl halides is 3. The summed E-state index contributed by atoms with van der Waals surface area (Å²) in [5.41, 5.74) is 0.686. The minimum atomic E-state index is -4.43. The van der Waals surface area contributed by atoms with E-state index in [1.807, 2.05) is 16.7 Å². The highest BCUT2D eigenvalue weighted by Crippen LogP contribution is 2.36. The molecule has 2 aromatic heterocycles. The van der Waals surface area contributed by atoms with E-state index in [2.05, 4.69) is 30.9 Å². The van der Waals surface area contributed by atoms with Crippen molar-refractivity contribution in [2.75, 3.05) is 29.4 Å². The lowest BCUT2D eigenvalue weighted by molar-refractivity contribution is -0.137. The van der Waals surface area contributed by atoms with Gasteiger partial charge in [-0.25, -0.2) is 9.97 Å². The van der Waals surface area contributed by atoms with Gasteiger partial charge in [0.05, 0.1) is 22.7 Å². The number of aliphatic hydroxyl groups excluding tert-OH is 1. The summed E-state index contributed by atoms with van der Waals surface area (Å²) in [6.45, 7) is 3.68. The van der Waals surface area contributed by atoms with E-state index in [-0.39, 0.29) is 12.6 Å². The van der Waals surface area contributed by atoms with E-state index in [1.54, 1.807) is 12.3 Å². The van der Waals surface area contributed by atoms with Crippen LogP contribution >= 0.6 is 27.5 Å². The van der Waals surface area contributed by atoms with Crippen molar-refractivity contribution in [3.8, 4) is 0 Å². The van der Waals surface area contributed by atoms with Gasteiger partial charge >= 0.3 is 6.18 Å². The summed E-state index contributed by atoms with van der Waals surface area (Å²) < 4.78 is 39.6. The maximum Gasteiger partial charge on any atom is 0.416 e. The largest absolute Gasteiger partial charge is 0.416 e. The fourth-order valence-electron chi connectivity index (χ4n) is 3.62. The Kier molecular flexibility index (Phi) is 5.58. The molecule has 4 rings (SSSR count). The van der Waals surface area contributed by atoms with E-state index < -0.39 is 11.7 Å². The van der Waals surface area contributed by atoms with Crippen molar-refractivity contribution in [2.24, 2.45) is 0 Å². The van der Waals surface area contributed by atoms with Crippen LogP contribution in [0.2, 0.25) is 5.02 Å². The molecule has 2 N–H and O–H groups in total. The van der Waals surface area contributed by atoms with Gasteiger partial charge in [-0.2, -0.15) is 13.2 Å². The van der Waals surface area contributed by atoms with Gasteiger partial charge in [-0.3, -0.25) is 0 Å². The third kappa shape index (κ3) is 3.95. The number of fused-ring (bicyclic) bond motifs is 1. The van der Waals surface area contributed by atoms with Gasteiger partial charge in [-0.1, -0.05) is 11.6 Å². The van der Waals surface area contributed by atoms with E-state index in [9.17, 15) is 18.3 Å². The zero-order valence-electron chi connectivity index (χ0n) is 15.8. The highest BCUT2D eigenvalue weighted by molar-refractivity contribution is 9.10. The number of benzene rings is 1. The molecule has 6 nitrogen and oxygen atoms in total. The molecule has 1 saturated heterocycles. The number of hydrogen-bond acceptors (Lipinski definition) is 5. The number of nitrogens with one attached hydrogen (secondary N) is 1. The predicted octanol–water partition coefficient (Wildman–Crippen LogP) is 4.60. The van der Waals surface area contributed by atoms with Crippen molar-refractivity contribution in [3.05, 3.63) is 45.0 Å². The van der Waals surface area contributed by atoms with Crippen LogP contribution in [-0.4, -0.2) is 45.7 Å². The van der Waals surface area contributed by atoms with Gasteiger partial charge < -0.3 is 19.9 Å². The summed E-state index contributed by atoms with van der Waals surface area (Å²) in [7, 11) is 0. The number of anilines is 2. The predicted molar refractivity (Wildman–Crippen MR) is 113 cm³/mol. The first-order valence-corrected chi connectivity index (χ1v) is 10.4. The van der Waals surface area contributed by atoms with Crippen molar-refractivity contribution < 1.29 is 18.3 Å². The van der Waals surface area contributed by atoms with Crippen LogP contribution in [0, 0.1) is 0 Å². The lowest BCUT2D eigenvalue weighted by Gasteiger charge is -2.40. The van der Waals surface area contributed by atoms with Crippen molar-refractivity contribution in [2.45, 2.75) is 25.7 Å². The summed E-state index contributed by atoms with van der Waals surface area (Å²) in [5.74, 6) is 1.16. The SMILES string of the molecule is C[C@@H]1CN(c2ncc(CO)cc2Cl)CCN1c1nc2c(Br)cc(C(F)(F)F)cc2[nH]1. The van der Waals surface area contributed by atoms with E-state index in [0.717, 1.165) is 12.1 Å². The van der Waals surface area contributed by atoms with Crippen molar-refractivity contribution in [1.82, 2.24) is 15.0 Å². The molecule has 0 saturated carbocycles. The lowest BCUT2D eigenvalue weighted by Crippen LogP contribution is -2.52. The van der Waals surface area contributed by atoms with E-state index in [0.29, 0.717) is 57.5 Å².